The number of aliphatic hydroxyl groups excluding tert-OH is 1. The first-order chi connectivity index (χ1) is 7.73. The Labute approximate surface area is 99.2 Å². The molecule has 1 unspecified atom stereocenters. The molecular weight excluding hydrogens is 246 g/mol. The lowest BCUT2D eigenvalue weighted by Gasteiger charge is -2.17. The van der Waals surface area contributed by atoms with Crippen molar-refractivity contribution < 1.29 is 23.4 Å². The van der Waals surface area contributed by atoms with Crippen LogP contribution in [0.3, 0.4) is 0 Å². The number of sulfonamides is 1. The highest BCUT2D eigenvalue weighted by Crippen LogP contribution is 2.20. The van der Waals surface area contributed by atoms with E-state index >= 15 is 0 Å². The summed E-state index contributed by atoms with van der Waals surface area (Å²) in [6, 6.07) is 5.61. The molecule has 0 spiro atoms. The first kappa shape index (κ1) is 13.5. The molecule has 0 aliphatic heterocycles. The van der Waals surface area contributed by atoms with Crippen molar-refractivity contribution in [3.05, 3.63) is 29.8 Å². The second kappa shape index (κ2) is 4.72. The average Bonchev–Trinajstić information content (AvgIpc) is 2.26. The van der Waals surface area contributed by atoms with Crippen LogP contribution in [-0.4, -0.2) is 37.9 Å². The fraction of sp³-hybridized carbons (Fsp3) is 0.300. The van der Waals surface area contributed by atoms with Crippen LogP contribution in [0.1, 0.15) is 11.7 Å². The second-order valence-electron chi connectivity index (χ2n) is 3.56. The van der Waals surface area contributed by atoms with Gasteiger partial charge in [0.25, 0.3) is 0 Å². The van der Waals surface area contributed by atoms with Gasteiger partial charge in [-0.25, -0.2) is 13.2 Å². The summed E-state index contributed by atoms with van der Waals surface area (Å²) in [4.78, 5) is 10.5. The third kappa shape index (κ3) is 3.18. The number of hydrogen-bond acceptors (Lipinski definition) is 4. The van der Waals surface area contributed by atoms with Crippen molar-refractivity contribution in [2.75, 3.05) is 17.6 Å². The summed E-state index contributed by atoms with van der Waals surface area (Å²) in [6.07, 6.45) is -0.542. The predicted octanol–water partition coefficient (Wildman–Crippen LogP) is 0.200. The number of aliphatic carboxylic acids is 1. The normalized spacial score (nSPS) is 13.1. The first-order valence-corrected chi connectivity index (χ1v) is 6.53. The first-order valence-electron chi connectivity index (χ1n) is 4.68. The van der Waals surface area contributed by atoms with Crippen LogP contribution in [0.25, 0.3) is 0 Å². The number of aliphatic hydroxyl groups is 1. The van der Waals surface area contributed by atoms with Crippen LogP contribution in [0, 0.1) is 0 Å². The summed E-state index contributed by atoms with van der Waals surface area (Å²) in [5.74, 6) is -1.35. The summed E-state index contributed by atoms with van der Waals surface area (Å²) in [5.41, 5.74) is 0.594. The monoisotopic (exact) mass is 259 g/mol. The molecule has 1 atom stereocenters. The molecule has 0 saturated heterocycles. The Hall–Kier alpha value is -1.60. The Morgan fingerprint density at radius 3 is 2.12 bits per heavy atom. The SMILES string of the molecule is CN(c1ccc(C(O)C(=O)O)cc1)S(C)(=O)=O. The molecule has 2 N–H and O–H groups in total. The molecule has 0 bridgehead atoms. The van der Waals surface area contributed by atoms with Crippen molar-refractivity contribution in [2.45, 2.75) is 6.10 Å². The zero-order chi connectivity index (χ0) is 13.2. The maximum atomic E-state index is 11.2. The van der Waals surface area contributed by atoms with Gasteiger partial charge in [0.15, 0.2) is 6.10 Å². The number of benzene rings is 1. The number of anilines is 1. The summed E-state index contributed by atoms with van der Waals surface area (Å²) < 4.78 is 23.5. The molecule has 17 heavy (non-hydrogen) atoms. The van der Waals surface area contributed by atoms with Crippen LogP contribution in [0.5, 0.6) is 0 Å². The largest absolute Gasteiger partial charge is 0.479 e. The van der Waals surface area contributed by atoms with Gasteiger partial charge in [-0.15, -0.1) is 0 Å². The van der Waals surface area contributed by atoms with Gasteiger partial charge in [0.1, 0.15) is 0 Å². The topological polar surface area (TPSA) is 94.9 Å². The van der Waals surface area contributed by atoms with Crippen molar-refractivity contribution in [3.63, 3.8) is 0 Å². The zero-order valence-electron chi connectivity index (χ0n) is 9.36. The van der Waals surface area contributed by atoms with Crippen LogP contribution in [-0.2, 0) is 14.8 Å². The van der Waals surface area contributed by atoms with E-state index < -0.39 is 22.1 Å². The van der Waals surface area contributed by atoms with Crippen LogP contribution in [0.15, 0.2) is 24.3 Å². The number of carboxylic acids is 1. The molecule has 0 heterocycles. The minimum absolute atomic E-state index is 0.197. The number of nitrogens with zero attached hydrogens (tertiary/aromatic N) is 1. The van der Waals surface area contributed by atoms with E-state index in [1.807, 2.05) is 0 Å². The van der Waals surface area contributed by atoms with Gasteiger partial charge < -0.3 is 10.2 Å². The van der Waals surface area contributed by atoms with Gasteiger partial charge in [-0.05, 0) is 17.7 Å². The van der Waals surface area contributed by atoms with Crippen molar-refractivity contribution in [3.8, 4) is 0 Å². The van der Waals surface area contributed by atoms with Gasteiger partial charge in [-0.1, -0.05) is 12.1 Å². The molecule has 7 heteroatoms. The van der Waals surface area contributed by atoms with Crippen LogP contribution < -0.4 is 4.31 Å². The predicted molar refractivity (Wildman–Crippen MR) is 62.3 cm³/mol. The third-order valence-electron chi connectivity index (χ3n) is 2.30. The average molecular weight is 259 g/mol. The Morgan fingerprint density at radius 1 is 1.29 bits per heavy atom. The van der Waals surface area contributed by atoms with Crippen LogP contribution in [0.4, 0.5) is 5.69 Å². The third-order valence-corrected chi connectivity index (χ3v) is 3.51. The summed E-state index contributed by atoms with van der Waals surface area (Å²) >= 11 is 0. The Balaban J connectivity index is 3.00. The van der Waals surface area contributed by atoms with E-state index in [1.165, 1.54) is 31.3 Å². The zero-order valence-corrected chi connectivity index (χ0v) is 10.2. The van der Waals surface area contributed by atoms with Crippen molar-refractivity contribution in [2.24, 2.45) is 0 Å². The fourth-order valence-electron chi connectivity index (χ4n) is 1.20. The molecule has 0 amide bonds. The number of rotatable bonds is 4. The highest BCUT2D eigenvalue weighted by atomic mass is 32.2. The molecule has 94 valence electrons. The van der Waals surface area contributed by atoms with E-state index in [9.17, 15) is 18.3 Å². The Bertz CT molecular complexity index is 508. The number of carboxylic acid groups (broad SMARTS) is 1. The second-order valence-corrected chi connectivity index (χ2v) is 5.58. The quantitative estimate of drug-likeness (QED) is 0.805. The lowest BCUT2D eigenvalue weighted by atomic mass is 10.1. The van der Waals surface area contributed by atoms with Gasteiger partial charge >= 0.3 is 5.97 Å². The van der Waals surface area contributed by atoms with Gasteiger partial charge in [-0.2, -0.15) is 0 Å². The highest BCUT2D eigenvalue weighted by molar-refractivity contribution is 7.92. The van der Waals surface area contributed by atoms with Crippen molar-refractivity contribution in [1.29, 1.82) is 0 Å². The van der Waals surface area contributed by atoms with Crippen LogP contribution in [0.2, 0.25) is 0 Å². The molecule has 1 aromatic carbocycles. The van der Waals surface area contributed by atoms with Gasteiger partial charge in [0, 0.05) is 7.05 Å². The molecular formula is C10H13NO5S. The molecule has 0 fully saturated rings. The van der Waals surface area contributed by atoms with Gasteiger partial charge in [0.2, 0.25) is 10.0 Å². The Morgan fingerprint density at radius 2 is 1.76 bits per heavy atom. The smallest absolute Gasteiger partial charge is 0.337 e. The lowest BCUT2D eigenvalue weighted by Crippen LogP contribution is -2.24. The molecule has 6 nitrogen and oxygen atoms in total. The summed E-state index contributed by atoms with van der Waals surface area (Å²) in [5, 5.41) is 17.8. The molecule has 0 aromatic heterocycles. The minimum atomic E-state index is -3.35. The maximum Gasteiger partial charge on any atom is 0.337 e. The maximum absolute atomic E-state index is 11.2. The highest BCUT2D eigenvalue weighted by Gasteiger charge is 2.17. The van der Waals surface area contributed by atoms with E-state index in [1.54, 1.807) is 0 Å². The van der Waals surface area contributed by atoms with Crippen molar-refractivity contribution >= 4 is 21.7 Å². The van der Waals surface area contributed by atoms with Crippen molar-refractivity contribution in [1.82, 2.24) is 0 Å². The van der Waals surface area contributed by atoms with E-state index in [0.29, 0.717) is 5.69 Å². The molecule has 0 radical (unpaired) electrons. The standard InChI is InChI=1S/C10H13NO5S/c1-11(17(2,15)16)8-5-3-7(4-6-8)9(12)10(13)14/h3-6,9,12H,1-2H3,(H,13,14). The molecule has 1 aromatic rings. The Kier molecular flexibility index (Phi) is 3.74. The molecule has 0 saturated carbocycles. The molecule has 0 aliphatic carbocycles. The van der Waals surface area contributed by atoms with Crippen LogP contribution >= 0.6 is 0 Å². The van der Waals surface area contributed by atoms with Gasteiger partial charge in [-0.3, -0.25) is 4.31 Å². The van der Waals surface area contributed by atoms with E-state index in [4.69, 9.17) is 5.11 Å². The van der Waals surface area contributed by atoms with E-state index in [-0.39, 0.29) is 5.56 Å². The summed E-state index contributed by atoms with van der Waals surface area (Å²) in [6.45, 7) is 0. The fourth-order valence-corrected chi connectivity index (χ4v) is 1.71. The van der Waals surface area contributed by atoms with E-state index in [2.05, 4.69) is 0 Å². The number of hydrogen-bond donors (Lipinski definition) is 2. The lowest BCUT2D eigenvalue weighted by molar-refractivity contribution is -0.146. The molecule has 0 aliphatic rings. The molecule has 1 rings (SSSR count). The minimum Gasteiger partial charge on any atom is -0.479 e. The summed E-state index contributed by atoms with van der Waals surface area (Å²) in [7, 11) is -1.96. The van der Waals surface area contributed by atoms with E-state index in [0.717, 1.165) is 10.6 Å². The van der Waals surface area contributed by atoms with Gasteiger partial charge in [0.05, 0.1) is 11.9 Å². The number of carbonyl (C=O) groups is 1.